The molecule has 6 nitrogen and oxygen atoms in total. The van der Waals surface area contributed by atoms with Gasteiger partial charge in [-0.3, -0.25) is 0 Å². The van der Waals surface area contributed by atoms with Crippen molar-refractivity contribution in [2.75, 3.05) is 19.8 Å². The third-order valence-electron chi connectivity index (χ3n) is 3.40. The van der Waals surface area contributed by atoms with E-state index in [9.17, 15) is 8.42 Å². The van der Waals surface area contributed by atoms with E-state index in [-0.39, 0.29) is 22.9 Å². The van der Waals surface area contributed by atoms with Gasteiger partial charge in [0.15, 0.2) is 11.5 Å². The monoisotopic (exact) mass is 314 g/mol. The zero-order valence-corrected chi connectivity index (χ0v) is 13.4. The molecule has 1 aromatic rings. The van der Waals surface area contributed by atoms with E-state index < -0.39 is 10.0 Å². The molecule has 0 saturated carbocycles. The maximum Gasteiger partial charge on any atom is 0.241 e. The lowest BCUT2D eigenvalue weighted by molar-refractivity contribution is 0.171. The molecule has 0 radical (unpaired) electrons. The molecule has 7 heteroatoms. The van der Waals surface area contributed by atoms with E-state index in [4.69, 9.17) is 15.2 Å². The molecule has 1 atom stereocenters. The molecule has 0 bridgehead atoms. The van der Waals surface area contributed by atoms with Gasteiger partial charge in [0.2, 0.25) is 10.0 Å². The summed E-state index contributed by atoms with van der Waals surface area (Å²) in [7, 11) is -3.65. The van der Waals surface area contributed by atoms with Gasteiger partial charge in [0, 0.05) is 18.7 Å². The van der Waals surface area contributed by atoms with Crippen LogP contribution in [0.3, 0.4) is 0 Å². The first-order chi connectivity index (χ1) is 9.74. The summed E-state index contributed by atoms with van der Waals surface area (Å²) in [5.41, 5.74) is 5.42. The highest BCUT2D eigenvalue weighted by atomic mass is 32.2. The first-order valence-electron chi connectivity index (χ1n) is 6.86. The Hall–Kier alpha value is -1.31. The fourth-order valence-electron chi connectivity index (χ4n) is 2.02. The SMILES string of the molecule is CC(C)(C)C(CN)NS(=O)(=O)c1ccc2c(c1)OCCO2. The molecular weight excluding hydrogens is 292 g/mol. The Morgan fingerprint density at radius 3 is 2.43 bits per heavy atom. The molecule has 0 saturated heterocycles. The van der Waals surface area contributed by atoms with Crippen LogP contribution in [0.15, 0.2) is 23.1 Å². The van der Waals surface area contributed by atoms with Crippen molar-refractivity contribution in [3.05, 3.63) is 18.2 Å². The molecule has 0 fully saturated rings. The Morgan fingerprint density at radius 1 is 1.24 bits per heavy atom. The van der Waals surface area contributed by atoms with E-state index >= 15 is 0 Å². The van der Waals surface area contributed by atoms with Gasteiger partial charge in [0.1, 0.15) is 13.2 Å². The smallest absolute Gasteiger partial charge is 0.241 e. The van der Waals surface area contributed by atoms with Crippen LogP contribution in [0.1, 0.15) is 20.8 Å². The van der Waals surface area contributed by atoms with E-state index in [0.29, 0.717) is 24.7 Å². The number of fused-ring (bicyclic) bond motifs is 1. The molecule has 0 spiro atoms. The third-order valence-corrected chi connectivity index (χ3v) is 4.87. The number of hydrogen-bond donors (Lipinski definition) is 2. The predicted octanol–water partition coefficient (Wildman–Crippen LogP) is 1.11. The Morgan fingerprint density at radius 2 is 1.86 bits per heavy atom. The van der Waals surface area contributed by atoms with Gasteiger partial charge in [-0.1, -0.05) is 20.8 Å². The van der Waals surface area contributed by atoms with Crippen molar-refractivity contribution in [1.29, 1.82) is 0 Å². The normalized spacial score (nSPS) is 16.6. The van der Waals surface area contributed by atoms with Gasteiger partial charge in [0.05, 0.1) is 4.90 Å². The average Bonchev–Trinajstić information content (AvgIpc) is 2.43. The summed E-state index contributed by atoms with van der Waals surface area (Å²) >= 11 is 0. The molecule has 1 unspecified atom stereocenters. The second kappa shape index (κ2) is 5.82. The Bertz CT molecular complexity index is 608. The van der Waals surface area contributed by atoms with Gasteiger partial charge in [-0.05, 0) is 17.5 Å². The summed E-state index contributed by atoms with van der Waals surface area (Å²) in [6.45, 7) is 6.94. The largest absolute Gasteiger partial charge is 0.486 e. The van der Waals surface area contributed by atoms with Gasteiger partial charge in [-0.15, -0.1) is 0 Å². The number of sulfonamides is 1. The molecule has 118 valence electrons. The minimum atomic E-state index is -3.65. The van der Waals surface area contributed by atoms with Gasteiger partial charge in [-0.25, -0.2) is 13.1 Å². The summed E-state index contributed by atoms with van der Waals surface area (Å²) in [5.74, 6) is 1.01. The molecule has 1 aromatic carbocycles. The minimum Gasteiger partial charge on any atom is -0.486 e. The van der Waals surface area contributed by atoms with Gasteiger partial charge >= 0.3 is 0 Å². The first kappa shape index (κ1) is 16.1. The van der Waals surface area contributed by atoms with E-state index in [1.807, 2.05) is 20.8 Å². The minimum absolute atomic E-state index is 0.148. The maximum absolute atomic E-state index is 12.5. The Labute approximate surface area is 125 Å². The lowest BCUT2D eigenvalue weighted by atomic mass is 9.88. The Kier molecular flexibility index (Phi) is 4.46. The van der Waals surface area contributed by atoms with Crippen molar-refractivity contribution in [2.45, 2.75) is 31.7 Å². The second-order valence-electron chi connectivity index (χ2n) is 6.08. The summed E-state index contributed by atoms with van der Waals surface area (Å²) in [6, 6.07) is 4.24. The zero-order chi connectivity index (χ0) is 15.7. The summed E-state index contributed by atoms with van der Waals surface area (Å²) in [5, 5.41) is 0. The van der Waals surface area contributed by atoms with Gasteiger partial charge in [0.25, 0.3) is 0 Å². The quantitative estimate of drug-likeness (QED) is 0.869. The number of rotatable bonds is 4. The number of ether oxygens (including phenoxy) is 2. The maximum atomic E-state index is 12.5. The van der Waals surface area contributed by atoms with Crippen LogP contribution in [0.2, 0.25) is 0 Å². The Balaban J connectivity index is 2.27. The zero-order valence-electron chi connectivity index (χ0n) is 12.5. The summed E-state index contributed by atoms with van der Waals surface area (Å²) in [6.07, 6.45) is 0. The van der Waals surface area contributed by atoms with Crippen molar-refractivity contribution < 1.29 is 17.9 Å². The lowest BCUT2D eigenvalue weighted by Gasteiger charge is -2.30. The van der Waals surface area contributed by atoms with Crippen LogP contribution >= 0.6 is 0 Å². The van der Waals surface area contributed by atoms with Crippen LogP contribution in [0.4, 0.5) is 0 Å². The van der Waals surface area contributed by atoms with E-state index in [1.165, 1.54) is 12.1 Å². The van der Waals surface area contributed by atoms with Crippen LogP contribution in [0, 0.1) is 5.41 Å². The van der Waals surface area contributed by atoms with Gasteiger partial charge in [-0.2, -0.15) is 0 Å². The summed E-state index contributed by atoms with van der Waals surface area (Å²) < 4.78 is 38.4. The summed E-state index contributed by atoms with van der Waals surface area (Å²) in [4.78, 5) is 0.148. The van der Waals surface area contributed by atoms with E-state index in [1.54, 1.807) is 6.07 Å². The van der Waals surface area contributed by atoms with Crippen molar-refractivity contribution in [2.24, 2.45) is 11.1 Å². The highest BCUT2D eigenvalue weighted by molar-refractivity contribution is 7.89. The number of hydrogen-bond acceptors (Lipinski definition) is 5. The average molecular weight is 314 g/mol. The molecule has 0 amide bonds. The van der Waals surface area contributed by atoms with Crippen LogP contribution in [0.5, 0.6) is 11.5 Å². The molecule has 0 aromatic heterocycles. The van der Waals surface area contributed by atoms with E-state index in [0.717, 1.165) is 0 Å². The highest BCUT2D eigenvalue weighted by Crippen LogP contribution is 2.32. The van der Waals surface area contributed by atoms with Crippen molar-refractivity contribution in [1.82, 2.24) is 4.72 Å². The molecular formula is C14H22N2O4S. The first-order valence-corrected chi connectivity index (χ1v) is 8.34. The van der Waals surface area contributed by atoms with Crippen molar-refractivity contribution >= 4 is 10.0 Å². The number of nitrogens with one attached hydrogen (secondary N) is 1. The van der Waals surface area contributed by atoms with Crippen LogP contribution < -0.4 is 19.9 Å². The fraction of sp³-hybridized carbons (Fsp3) is 0.571. The van der Waals surface area contributed by atoms with Crippen LogP contribution in [-0.2, 0) is 10.0 Å². The number of nitrogens with two attached hydrogens (primary N) is 1. The van der Waals surface area contributed by atoms with Crippen molar-refractivity contribution in [3.8, 4) is 11.5 Å². The van der Waals surface area contributed by atoms with Crippen LogP contribution in [-0.4, -0.2) is 34.2 Å². The van der Waals surface area contributed by atoms with Gasteiger partial charge < -0.3 is 15.2 Å². The van der Waals surface area contributed by atoms with Crippen LogP contribution in [0.25, 0.3) is 0 Å². The fourth-order valence-corrected chi connectivity index (χ4v) is 3.49. The second-order valence-corrected chi connectivity index (χ2v) is 7.80. The topological polar surface area (TPSA) is 90.7 Å². The molecule has 21 heavy (non-hydrogen) atoms. The molecule has 1 heterocycles. The molecule has 1 aliphatic heterocycles. The van der Waals surface area contributed by atoms with Crippen molar-refractivity contribution in [3.63, 3.8) is 0 Å². The highest BCUT2D eigenvalue weighted by Gasteiger charge is 2.29. The standard InChI is InChI=1S/C14H22N2O4S/c1-14(2,3)13(9-15)16-21(17,18)10-4-5-11-12(8-10)20-7-6-19-11/h4-5,8,13,16H,6-7,9,15H2,1-3H3. The molecule has 2 rings (SSSR count). The molecule has 1 aliphatic rings. The van der Waals surface area contributed by atoms with E-state index in [2.05, 4.69) is 4.72 Å². The third kappa shape index (κ3) is 3.66. The molecule has 3 N–H and O–H groups in total. The number of benzene rings is 1. The molecule has 0 aliphatic carbocycles. The predicted molar refractivity (Wildman–Crippen MR) is 80.1 cm³/mol. The lowest BCUT2D eigenvalue weighted by Crippen LogP contribution is -2.48.